The van der Waals surface area contributed by atoms with Gasteiger partial charge in [-0.1, -0.05) is 18.2 Å². The van der Waals surface area contributed by atoms with Crippen molar-refractivity contribution in [3.63, 3.8) is 0 Å². The van der Waals surface area contributed by atoms with Gasteiger partial charge in [0.25, 0.3) is 5.56 Å². The summed E-state index contributed by atoms with van der Waals surface area (Å²) in [4.78, 5) is 25.1. The van der Waals surface area contributed by atoms with E-state index in [4.69, 9.17) is 17.9 Å². The SMILES string of the molecule is [2H][13C]([2H])([2H])[C@@]1(F)[C@H](O)[C@@H](CO[P+](=O)Oc2ccccc2)O[C@H]1n1ccc(=O)[nH]c1=O. The van der Waals surface area contributed by atoms with Gasteiger partial charge in [0.15, 0.2) is 17.6 Å². The lowest BCUT2D eigenvalue weighted by Crippen LogP contribution is -2.43. The van der Waals surface area contributed by atoms with Crippen molar-refractivity contribution in [1.82, 2.24) is 9.55 Å². The molecular formula is C16H17FN2O7P+. The molecule has 0 aliphatic carbocycles. The summed E-state index contributed by atoms with van der Waals surface area (Å²) >= 11 is 0. The summed E-state index contributed by atoms with van der Waals surface area (Å²) in [6.07, 6.45) is -5.13. The minimum Gasteiger partial charge on any atom is -0.387 e. The van der Waals surface area contributed by atoms with Gasteiger partial charge in [-0.05, 0) is 19.0 Å². The summed E-state index contributed by atoms with van der Waals surface area (Å²) in [6.45, 7) is -4.11. The van der Waals surface area contributed by atoms with Gasteiger partial charge in [-0.2, -0.15) is 0 Å². The van der Waals surface area contributed by atoms with Crippen LogP contribution in [0.25, 0.3) is 0 Å². The van der Waals surface area contributed by atoms with Gasteiger partial charge in [0.1, 0.15) is 18.8 Å². The van der Waals surface area contributed by atoms with Crippen LogP contribution in [0.5, 0.6) is 5.75 Å². The van der Waals surface area contributed by atoms with Crippen LogP contribution in [0.3, 0.4) is 0 Å². The van der Waals surface area contributed by atoms with Gasteiger partial charge in [-0.25, -0.2) is 13.7 Å². The number of ether oxygens (including phenoxy) is 1. The van der Waals surface area contributed by atoms with Gasteiger partial charge in [0, 0.05) is 20.9 Å². The Morgan fingerprint density at radius 3 is 2.81 bits per heavy atom. The Morgan fingerprint density at radius 2 is 2.15 bits per heavy atom. The maximum absolute atomic E-state index is 15.6. The number of para-hydroxylation sites is 1. The predicted molar refractivity (Wildman–Crippen MR) is 91.4 cm³/mol. The molecule has 0 bridgehead atoms. The molecule has 3 rings (SSSR count). The van der Waals surface area contributed by atoms with Crippen molar-refractivity contribution < 1.29 is 32.0 Å². The quantitative estimate of drug-likeness (QED) is 0.551. The molecular weight excluding hydrogens is 383 g/mol. The van der Waals surface area contributed by atoms with Crippen molar-refractivity contribution in [1.29, 1.82) is 0 Å². The van der Waals surface area contributed by atoms with Crippen LogP contribution in [0.15, 0.2) is 52.2 Å². The third kappa shape index (κ3) is 4.14. The third-order valence-corrected chi connectivity index (χ3v) is 4.54. The molecule has 1 fully saturated rings. The number of aliphatic hydroxyl groups is 1. The molecule has 11 heteroatoms. The summed E-state index contributed by atoms with van der Waals surface area (Å²) < 4.78 is 65.8. The van der Waals surface area contributed by atoms with Crippen LogP contribution in [0.2, 0.25) is 0 Å². The Morgan fingerprint density at radius 1 is 1.41 bits per heavy atom. The molecule has 2 aromatic rings. The van der Waals surface area contributed by atoms with Crippen LogP contribution in [0.1, 0.15) is 17.2 Å². The molecule has 1 unspecified atom stereocenters. The highest BCUT2D eigenvalue weighted by molar-refractivity contribution is 7.33. The van der Waals surface area contributed by atoms with Crippen molar-refractivity contribution in [2.24, 2.45) is 0 Å². The fourth-order valence-electron chi connectivity index (χ4n) is 2.49. The highest BCUT2D eigenvalue weighted by Gasteiger charge is 2.56. The van der Waals surface area contributed by atoms with Gasteiger partial charge >= 0.3 is 13.9 Å². The van der Waals surface area contributed by atoms with E-state index in [1.807, 2.05) is 4.98 Å². The molecule has 2 heterocycles. The summed E-state index contributed by atoms with van der Waals surface area (Å²) in [5, 5.41) is 10.4. The Kier molecular flexibility index (Phi) is 4.46. The van der Waals surface area contributed by atoms with Crippen molar-refractivity contribution in [3.8, 4) is 5.75 Å². The summed E-state index contributed by atoms with van der Waals surface area (Å²) in [6, 6.07) is 8.85. The average molecular weight is 403 g/mol. The monoisotopic (exact) mass is 403 g/mol. The molecule has 27 heavy (non-hydrogen) atoms. The van der Waals surface area contributed by atoms with Crippen molar-refractivity contribution in [2.75, 3.05) is 6.61 Å². The molecule has 1 aliphatic heterocycles. The highest BCUT2D eigenvalue weighted by Crippen LogP contribution is 2.41. The number of alkyl halides is 1. The number of benzene rings is 1. The van der Waals surface area contributed by atoms with Crippen molar-refractivity contribution in [3.05, 3.63) is 63.4 Å². The molecule has 1 aromatic carbocycles. The number of H-pyrrole nitrogens is 1. The smallest absolute Gasteiger partial charge is 0.387 e. The average Bonchev–Trinajstić information content (AvgIpc) is 2.93. The van der Waals surface area contributed by atoms with Crippen LogP contribution in [-0.2, 0) is 13.8 Å². The number of nitrogens with one attached hydrogen (secondary N) is 1. The zero-order valence-electron chi connectivity index (χ0n) is 16.6. The molecule has 5 atom stereocenters. The molecule has 0 saturated carbocycles. The first kappa shape index (κ1) is 15.6. The van der Waals surface area contributed by atoms with Crippen molar-refractivity contribution >= 4 is 8.25 Å². The molecule has 1 aromatic heterocycles. The predicted octanol–water partition coefficient (Wildman–Crippen LogP) is 1.28. The van der Waals surface area contributed by atoms with E-state index in [1.165, 1.54) is 12.1 Å². The lowest BCUT2D eigenvalue weighted by molar-refractivity contribution is -0.0586. The Balaban J connectivity index is 1.81. The van der Waals surface area contributed by atoms with E-state index in [9.17, 15) is 19.3 Å². The van der Waals surface area contributed by atoms with Crippen LogP contribution in [0, 0.1) is 0 Å². The largest absolute Gasteiger partial charge is 0.750 e. The molecule has 0 spiro atoms. The minimum absolute atomic E-state index is 0.228. The van der Waals surface area contributed by atoms with Crippen LogP contribution < -0.4 is 15.8 Å². The number of aliphatic hydroxyl groups excluding tert-OH is 1. The molecule has 2 N–H and O–H groups in total. The summed E-state index contributed by atoms with van der Waals surface area (Å²) in [5.74, 6) is 0.228. The number of nitrogens with zero attached hydrogens (tertiary/aromatic N) is 1. The first-order valence-corrected chi connectivity index (χ1v) is 8.80. The zero-order chi connectivity index (χ0) is 22.1. The standard InChI is InChI=1S/C16H16FN2O7P/c1-16(17)13(21)11(9-24-27(23)26-10-5-3-2-4-6-10)25-14(16)19-8-7-12(20)18-15(19)22/h2-8,11,13-14,21H,9H2,1H3/p+1/t11-,13-,14-,16-/m1/s1/i1+1D3. The van der Waals surface area contributed by atoms with Gasteiger partial charge in [-0.15, -0.1) is 4.52 Å². The van der Waals surface area contributed by atoms with E-state index < -0.39 is 57.1 Å². The fourth-order valence-corrected chi connectivity index (χ4v) is 3.11. The van der Waals surface area contributed by atoms with E-state index >= 15 is 4.39 Å². The molecule has 144 valence electrons. The van der Waals surface area contributed by atoms with Crippen molar-refractivity contribution in [2.45, 2.75) is 31.0 Å². The Labute approximate surface area is 157 Å². The van der Waals surface area contributed by atoms with Gasteiger partial charge < -0.3 is 9.84 Å². The molecule has 1 saturated heterocycles. The fraction of sp³-hybridized carbons (Fsp3) is 0.375. The van der Waals surface area contributed by atoms with Crippen LogP contribution >= 0.6 is 8.25 Å². The second-order valence-corrected chi connectivity index (χ2v) is 6.57. The second-order valence-electron chi connectivity index (χ2n) is 5.68. The number of rotatable bonds is 6. The third-order valence-electron chi connectivity index (χ3n) is 3.82. The van der Waals surface area contributed by atoms with E-state index in [0.29, 0.717) is 4.57 Å². The maximum atomic E-state index is 15.6. The topological polar surface area (TPSA) is 120 Å². The van der Waals surface area contributed by atoms with Gasteiger partial charge in [-0.3, -0.25) is 14.3 Å². The van der Waals surface area contributed by atoms with Crippen LogP contribution in [0.4, 0.5) is 4.39 Å². The number of halogens is 1. The number of hydrogen-bond donors (Lipinski definition) is 2. The normalized spacial score (nSPS) is 30.2. The van der Waals surface area contributed by atoms with E-state index in [-0.39, 0.29) is 5.75 Å². The number of aromatic nitrogens is 2. The second kappa shape index (κ2) is 7.69. The first-order chi connectivity index (χ1) is 14.0. The minimum atomic E-state index is -3.42. The van der Waals surface area contributed by atoms with E-state index in [1.54, 1.807) is 18.2 Å². The molecule has 0 amide bonds. The first-order valence-electron chi connectivity index (χ1n) is 9.21. The summed E-state index contributed by atoms with van der Waals surface area (Å²) in [5.41, 5.74) is -5.34. The number of aromatic amines is 1. The lowest BCUT2D eigenvalue weighted by Gasteiger charge is -2.24. The van der Waals surface area contributed by atoms with Gasteiger partial charge in [0.2, 0.25) is 0 Å². The van der Waals surface area contributed by atoms with Gasteiger partial charge in [0.05, 0.1) is 0 Å². The van der Waals surface area contributed by atoms with E-state index in [2.05, 4.69) is 0 Å². The molecule has 9 nitrogen and oxygen atoms in total. The Bertz CT molecular complexity index is 1030. The van der Waals surface area contributed by atoms with Crippen LogP contribution in [-0.4, -0.2) is 39.1 Å². The molecule has 0 radical (unpaired) electrons. The molecule has 1 aliphatic rings. The lowest BCUT2D eigenvalue weighted by atomic mass is 10.0. The van der Waals surface area contributed by atoms with E-state index in [0.717, 1.165) is 12.3 Å². The summed E-state index contributed by atoms with van der Waals surface area (Å²) in [7, 11) is -2.75. The number of hydrogen-bond acceptors (Lipinski definition) is 7. The highest BCUT2D eigenvalue weighted by atomic mass is 31.1. The zero-order valence-corrected chi connectivity index (χ0v) is 14.5. The Hall–Kier alpha value is -2.39. The maximum Gasteiger partial charge on any atom is 0.750 e.